The molecule has 3 aromatic carbocycles. The van der Waals surface area contributed by atoms with Crippen molar-refractivity contribution in [2.24, 2.45) is 22.4 Å². The van der Waals surface area contributed by atoms with E-state index in [2.05, 4.69) is 25.7 Å². The van der Waals surface area contributed by atoms with E-state index < -0.39 is 100 Å². The molecule has 0 radical (unpaired) electrons. The standard InChI is InChI=1S/C47H64N8O11S/c1-27(2)39(55(8)45(62)36(22-31-16-11-9-12-17-31)53-42(59)34(48)23-38(58)65-26-32-18-13-10-14-19-32)44(61)52-35(43(60)51-25-37(56)57)20-15-21-50-46(49)54-67(63,64)41-29(4)28(3)40-33(30(41)5)24-47(6,7)66-40/h9-14,16-19,27,34-36,39H,15,20-26,48H2,1-8H3,(H,51,60)(H,52,61)(H,53,59)(H,56,57)(H3,49,50,54)/t34-,35-,36+,39-/m0/s1. The molecule has 364 valence electrons. The predicted octanol–water partition coefficient (Wildman–Crippen LogP) is 2.06. The Labute approximate surface area is 391 Å². The molecule has 0 spiro atoms. The van der Waals surface area contributed by atoms with Gasteiger partial charge in [-0.1, -0.05) is 74.5 Å². The van der Waals surface area contributed by atoms with Gasteiger partial charge >= 0.3 is 11.9 Å². The molecule has 0 bridgehead atoms. The van der Waals surface area contributed by atoms with Gasteiger partial charge in [0.2, 0.25) is 29.6 Å². The largest absolute Gasteiger partial charge is 0.487 e. The maximum absolute atomic E-state index is 14.3. The van der Waals surface area contributed by atoms with Gasteiger partial charge in [-0.2, -0.15) is 0 Å². The lowest BCUT2D eigenvalue weighted by molar-refractivity contribution is -0.147. The van der Waals surface area contributed by atoms with E-state index in [1.165, 1.54) is 7.05 Å². The minimum Gasteiger partial charge on any atom is -0.487 e. The summed E-state index contributed by atoms with van der Waals surface area (Å²) in [5.41, 5.74) is 15.6. The first kappa shape index (κ1) is 53.1. The van der Waals surface area contributed by atoms with Gasteiger partial charge in [-0.05, 0) is 81.2 Å². The molecule has 1 aliphatic rings. The van der Waals surface area contributed by atoms with E-state index in [1.807, 2.05) is 19.9 Å². The zero-order valence-electron chi connectivity index (χ0n) is 39.3. The summed E-state index contributed by atoms with van der Waals surface area (Å²) >= 11 is 0. The number of guanidine groups is 1. The third-order valence-electron chi connectivity index (χ3n) is 11.3. The molecule has 3 aromatic rings. The lowest BCUT2D eigenvalue weighted by atomic mass is 9.94. The molecule has 0 aliphatic carbocycles. The first-order valence-corrected chi connectivity index (χ1v) is 23.4. The quantitative estimate of drug-likeness (QED) is 0.0329. The Morgan fingerprint density at radius 2 is 1.48 bits per heavy atom. The zero-order chi connectivity index (χ0) is 49.8. The number of likely N-dealkylation sites (N-methyl/N-ethyl adjacent to an activating group) is 1. The molecule has 1 aliphatic heterocycles. The third-order valence-corrected chi connectivity index (χ3v) is 12.9. The Morgan fingerprint density at radius 3 is 2.07 bits per heavy atom. The Kier molecular flexibility index (Phi) is 18.4. The second-order valence-electron chi connectivity index (χ2n) is 17.6. The SMILES string of the molecule is Cc1c(C)c(S(=O)(=O)NC(N)=NCCC[C@H](NC(=O)[C@H](C(C)C)N(C)C(=O)[C@@H](Cc2ccccc2)NC(=O)[C@@H](N)CC(=O)OCc2ccccc2)C(=O)NCC(=O)O)c(C)c2c1OC(C)(C)C2. The number of carboxylic acids is 1. The number of sulfonamides is 1. The summed E-state index contributed by atoms with van der Waals surface area (Å²) in [5.74, 6) is -5.43. The number of aliphatic imine (C=N–C) groups is 1. The van der Waals surface area contributed by atoms with E-state index in [-0.39, 0.29) is 37.3 Å². The van der Waals surface area contributed by atoms with E-state index in [0.717, 1.165) is 16.0 Å². The molecule has 4 atom stereocenters. The summed E-state index contributed by atoms with van der Waals surface area (Å²) in [5, 5.41) is 16.8. The van der Waals surface area contributed by atoms with Crippen LogP contribution in [0.25, 0.3) is 0 Å². The Bertz CT molecular complexity index is 2430. The van der Waals surface area contributed by atoms with E-state index in [1.54, 1.807) is 89.2 Å². The lowest BCUT2D eigenvalue weighted by Crippen LogP contribution is -2.60. The topological polar surface area (TPSA) is 291 Å². The normalized spacial score (nSPS) is 14.9. The highest BCUT2D eigenvalue weighted by molar-refractivity contribution is 7.90. The van der Waals surface area contributed by atoms with Gasteiger partial charge in [-0.25, -0.2) is 13.1 Å². The molecule has 0 fully saturated rings. The number of carboxylic acid groups (broad SMARTS) is 1. The van der Waals surface area contributed by atoms with Crippen molar-refractivity contribution in [1.29, 1.82) is 0 Å². The Hall–Kier alpha value is -6.54. The van der Waals surface area contributed by atoms with Crippen LogP contribution in [0.5, 0.6) is 5.75 Å². The number of benzene rings is 3. The predicted molar refractivity (Wildman–Crippen MR) is 250 cm³/mol. The number of nitrogens with one attached hydrogen (secondary N) is 4. The van der Waals surface area contributed by atoms with Crippen LogP contribution in [0.15, 0.2) is 70.6 Å². The molecule has 0 saturated heterocycles. The highest BCUT2D eigenvalue weighted by Gasteiger charge is 2.38. The van der Waals surface area contributed by atoms with Crippen molar-refractivity contribution < 1.29 is 51.8 Å². The smallest absolute Gasteiger partial charge is 0.322 e. The van der Waals surface area contributed by atoms with E-state index in [0.29, 0.717) is 34.4 Å². The van der Waals surface area contributed by atoms with Crippen LogP contribution in [0.3, 0.4) is 0 Å². The molecule has 0 aromatic heterocycles. The molecule has 1 heterocycles. The number of amides is 4. The van der Waals surface area contributed by atoms with Crippen LogP contribution in [-0.2, 0) is 63.0 Å². The van der Waals surface area contributed by atoms with Crippen molar-refractivity contribution in [2.75, 3.05) is 20.1 Å². The van der Waals surface area contributed by atoms with Crippen LogP contribution in [-0.4, -0.2) is 110 Å². The molecule has 19 nitrogen and oxygen atoms in total. The second-order valence-corrected chi connectivity index (χ2v) is 19.2. The van der Waals surface area contributed by atoms with Crippen molar-refractivity contribution in [3.05, 3.63) is 94.0 Å². The van der Waals surface area contributed by atoms with Crippen molar-refractivity contribution in [2.45, 2.75) is 122 Å². The van der Waals surface area contributed by atoms with Crippen LogP contribution in [0.2, 0.25) is 0 Å². The number of esters is 1. The minimum atomic E-state index is -4.20. The number of fused-ring (bicyclic) bond motifs is 1. The average Bonchev–Trinajstić information content (AvgIpc) is 3.60. The number of nitrogens with zero attached hydrogens (tertiary/aromatic N) is 2. The fourth-order valence-corrected chi connectivity index (χ4v) is 9.41. The molecule has 67 heavy (non-hydrogen) atoms. The lowest BCUT2D eigenvalue weighted by Gasteiger charge is -2.34. The monoisotopic (exact) mass is 948 g/mol. The van der Waals surface area contributed by atoms with E-state index in [9.17, 15) is 42.3 Å². The van der Waals surface area contributed by atoms with Gasteiger partial charge in [0.05, 0.1) is 17.4 Å². The molecule has 4 amide bonds. The molecular weight excluding hydrogens is 885 g/mol. The number of carbonyl (C=O) groups is 6. The second kappa shape index (κ2) is 23.3. The molecule has 0 unspecified atom stereocenters. The summed E-state index contributed by atoms with van der Waals surface area (Å²) in [7, 11) is -2.83. The average molecular weight is 949 g/mol. The van der Waals surface area contributed by atoms with Gasteiger partial charge in [-0.3, -0.25) is 33.8 Å². The van der Waals surface area contributed by atoms with Gasteiger partial charge in [-0.15, -0.1) is 0 Å². The number of carbonyl (C=O) groups excluding carboxylic acids is 5. The fourth-order valence-electron chi connectivity index (χ4n) is 7.88. The first-order chi connectivity index (χ1) is 31.4. The van der Waals surface area contributed by atoms with Crippen molar-refractivity contribution in [1.82, 2.24) is 25.6 Å². The third kappa shape index (κ3) is 14.7. The number of aliphatic carboxylic acids is 1. The van der Waals surface area contributed by atoms with Gasteiger partial charge in [0.15, 0.2) is 0 Å². The van der Waals surface area contributed by atoms with Crippen LogP contribution < -0.4 is 36.9 Å². The van der Waals surface area contributed by atoms with Gasteiger partial charge in [0.1, 0.15) is 42.6 Å². The van der Waals surface area contributed by atoms with Crippen LogP contribution in [0.4, 0.5) is 0 Å². The van der Waals surface area contributed by atoms with Gasteiger partial charge < -0.3 is 46.9 Å². The van der Waals surface area contributed by atoms with Gasteiger partial charge in [0.25, 0.3) is 10.0 Å². The highest BCUT2D eigenvalue weighted by atomic mass is 32.2. The molecule has 4 rings (SSSR count). The van der Waals surface area contributed by atoms with E-state index in [4.69, 9.17) is 20.9 Å². The molecular formula is C47H64N8O11S. The van der Waals surface area contributed by atoms with Crippen LogP contribution in [0, 0.1) is 26.7 Å². The summed E-state index contributed by atoms with van der Waals surface area (Å²) in [6.07, 6.45) is 0.0116. The zero-order valence-corrected chi connectivity index (χ0v) is 40.1. The Morgan fingerprint density at radius 1 is 0.881 bits per heavy atom. The van der Waals surface area contributed by atoms with E-state index >= 15 is 0 Å². The number of hydrogen-bond acceptors (Lipinski definition) is 12. The maximum Gasteiger partial charge on any atom is 0.322 e. The van der Waals surface area contributed by atoms with Crippen molar-refractivity contribution in [3.8, 4) is 5.75 Å². The van der Waals surface area contributed by atoms with Crippen molar-refractivity contribution >= 4 is 51.6 Å². The molecule has 20 heteroatoms. The van der Waals surface area contributed by atoms with Crippen molar-refractivity contribution in [3.63, 3.8) is 0 Å². The first-order valence-electron chi connectivity index (χ1n) is 21.9. The number of ether oxygens (including phenoxy) is 2. The summed E-state index contributed by atoms with van der Waals surface area (Å²) in [6.45, 7) is 11.5. The van der Waals surface area contributed by atoms with Crippen LogP contribution >= 0.6 is 0 Å². The summed E-state index contributed by atoms with van der Waals surface area (Å²) < 4.78 is 41.1. The molecule has 0 saturated carbocycles. The minimum absolute atomic E-state index is 0.00708. The number of nitrogens with two attached hydrogens (primary N) is 2. The maximum atomic E-state index is 14.3. The van der Waals surface area contributed by atoms with Gasteiger partial charge in [0, 0.05) is 32.0 Å². The fraction of sp³-hybridized carbons (Fsp3) is 0.468. The number of hydrogen-bond donors (Lipinski definition) is 7. The van der Waals surface area contributed by atoms with Crippen LogP contribution in [0.1, 0.15) is 80.3 Å². The number of rotatable bonds is 22. The highest BCUT2D eigenvalue weighted by Crippen LogP contribution is 2.43. The Balaban J connectivity index is 1.46. The summed E-state index contributed by atoms with van der Waals surface area (Å²) in [4.78, 5) is 84.5. The summed E-state index contributed by atoms with van der Waals surface area (Å²) in [6, 6.07) is 12.6. The molecule has 9 N–H and O–H groups in total.